The molecule has 0 saturated heterocycles. The highest BCUT2D eigenvalue weighted by Gasteiger charge is 2.10. The average Bonchev–Trinajstić information content (AvgIpc) is 3.27. The topological polar surface area (TPSA) is 81.2 Å². The van der Waals surface area contributed by atoms with Gasteiger partial charge in [-0.05, 0) is 82.2 Å². The maximum Gasteiger partial charge on any atom is 0.251 e. The molecule has 9 heteroatoms. The molecule has 0 aliphatic heterocycles. The van der Waals surface area contributed by atoms with E-state index in [1.54, 1.807) is 49.7 Å². The highest BCUT2D eigenvalue weighted by molar-refractivity contribution is 9.11. The molecule has 1 aromatic heterocycles. The Bertz CT molecular complexity index is 1350. The summed E-state index contributed by atoms with van der Waals surface area (Å²) in [5.41, 5.74) is 3.01. The molecule has 0 atom stereocenters. The van der Waals surface area contributed by atoms with Crippen LogP contribution in [0.5, 0.6) is 17.2 Å². The number of methoxy groups -OCH3 is 2. The second kappa shape index (κ2) is 10.7. The molecular formula is C25H20Br2N4O3. The number of nitrogens with zero attached hydrogens (tertiary/aromatic N) is 4. The Balaban J connectivity index is 1.71. The summed E-state index contributed by atoms with van der Waals surface area (Å²) in [7, 11) is 3.25. The average molecular weight is 584 g/mol. The molecule has 0 fully saturated rings. The first-order valence-corrected chi connectivity index (χ1v) is 11.7. The molecule has 1 N–H and O–H groups in total. The van der Waals surface area contributed by atoms with E-state index >= 15 is 0 Å². The van der Waals surface area contributed by atoms with Crippen molar-refractivity contribution in [1.29, 1.82) is 0 Å². The molecule has 0 amide bonds. The molecule has 0 saturated carbocycles. The normalized spacial score (nSPS) is 11.4. The number of ether oxygens (including phenoxy) is 2. The van der Waals surface area contributed by atoms with Crippen LogP contribution in [-0.4, -0.2) is 41.4 Å². The maximum atomic E-state index is 10.4. The zero-order valence-electron chi connectivity index (χ0n) is 18.3. The van der Waals surface area contributed by atoms with Crippen LogP contribution >= 0.6 is 31.9 Å². The van der Waals surface area contributed by atoms with Gasteiger partial charge < -0.3 is 14.6 Å². The van der Waals surface area contributed by atoms with E-state index in [1.165, 1.54) is 0 Å². The van der Waals surface area contributed by atoms with Gasteiger partial charge in [0.2, 0.25) is 0 Å². The van der Waals surface area contributed by atoms with Gasteiger partial charge in [0.05, 0.1) is 36.8 Å². The smallest absolute Gasteiger partial charge is 0.251 e. The van der Waals surface area contributed by atoms with Gasteiger partial charge in [-0.2, -0.15) is 5.10 Å². The molecule has 0 unspecified atom stereocenters. The number of hydrogen-bond acceptors (Lipinski definition) is 6. The van der Waals surface area contributed by atoms with Gasteiger partial charge in [0.15, 0.2) is 0 Å². The van der Waals surface area contributed by atoms with Gasteiger partial charge in [-0.25, -0.2) is 14.7 Å². The lowest BCUT2D eigenvalue weighted by Gasteiger charge is -2.03. The second-order valence-corrected chi connectivity index (χ2v) is 8.87. The standard InChI is InChI=1S/C25H20Br2N4O3/c1-33-20-7-3-16(4-8-20)13-29-31-15-23(17-5-9-21(34-2)10-6-17)30-25(31)28-14-18-11-19(26)12-22(27)24(18)32/h3-15,32H,1-2H3/b28-14?,29-13-. The van der Waals surface area contributed by atoms with Crippen molar-refractivity contribution >= 4 is 50.2 Å². The molecule has 0 bridgehead atoms. The van der Waals surface area contributed by atoms with E-state index < -0.39 is 0 Å². The van der Waals surface area contributed by atoms with Gasteiger partial charge in [0.25, 0.3) is 5.95 Å². The summed E-state index contributed by atoms with van der Waals surface area (Å²) in [6.45, 7) is 0. The Morgan fingerprint density at radius 2 is 1.56 bits per heavy atom. The molecule has 4 aromatic rings. The lowest BCUT2D eigenvalue weighted by molar-refractivity contribution is 0.414. The number of phenolic OH excluding ortho intramolecular Hbond substituents is 1. The highest BCUT2D eigenvalue weighted by atomic mass is 79.9. The number of halogens is 2. The molecule has 0 spiro atoms. The van der Waals surface area contributed by atoms with Crippen LogP contribution in [0.4, 0.5) is 5.95 Å². The number of hydrogen-bond donors (Lipinski definition) is 1. The first kappa shape index (κ1) is 23.7. The molecule has 3 aromatic carbocycles. The molecule has 1 heterocycles. The summed E-state index contributed by atoms with van der Waals surface area (Å²) >= 11 is 6.77. The maximum absolute atomic E-state index is 10.4. The van der Waals surface area contributed by atoms with E-state index in [0.29, 0.717) is 21.7 Å². The monoisotopic (exact) mass is 582 g/mol. The lowest BCUT2D eigenvalue weighted by Crippen LogP contribution is -1.91. The van der Waals surface area contributed by atoms with Crippen LogP contribution in [0.2, 0.25) is 0 Å². The zero-order valence-corrected chi connectivity index (χ0v) is 21.5. The van der Waals surface area contributed by atoms with E-state index in [4.69, 9.17) is 9.47 Å². The van der Waals surface area contributed by atoms with Gasteiger partial charge in [-0.3, -0.25) is 0 Å². The van der Waals surface area contributed by atoms with Crippen molar-refractivity contribution in [3.05, 3.63) is 86.9 Å². The van der Waals surface area contributed by atoms with Crippen molar-refractivity contribution in [3.8, 4) is 28.5 Å². The van der Waals surface area contributed by atoms with Crippen LogP contribution in [0.1, 0.15) is 11.1 Å². The summed E-state index contributed by atoms with van der Waals surface area (Å²) in [6, 6.07) is 18.6. The van der Waals surface area contributed by atoms with Crippen molar-refractivity contribution < 1.29 is 14.6 Å². The number of aromatic hydroxyl groups is 1. The third kappa shape index (κ3) is 5.55. The van der Waals surface area contributed by atoms with Gasteiger partial charge in [-0.1, -0.05) is 15.9 Å². The largest absolute Gasteiger partial charge is 0.506 e. The molecule has 172 valence electrons. The summed E-state index contributed by atoms with van der Waals surface area (Å²) in [5, 5.41) is 14.9. The number of imidazole rings is 1. The van der Waals surface area contributed by atoms with Crippen molar-refractivity contribution in [2.75, 3.05) is 14.2 Å². The molecule has 4 rings (SSSR count). The van der Waals surface area contributed by atoms with Crippen molar-refractivity contribution in [3.63, 3.8) is 0 Å². The van der Waals surface area contributed by atoms with Gasteiger partial charge >= 0.3 is 0 Å². The minimum absolute atomic E-state index is 0.0853. The molecule has 0 aliphatic carbocycles. The van der Waals surface area contributed by atoms with E-state index in [9.17, 15) is 5.11 Å². The lowest BCUT2D eigenvalue weighted by atomic mass is 10.2. The Kier molecular flexibility index (Phi) is 7.44. The van der Waals surface area contributed by atoms with Crippen LogP contribution in [0.25, 0.3) is 11.3 Å². The van der Waals surface area contributed by atoms with Crippen LogP contribution in [0, 0.1) is 0 Å². The molecule has 0 aliphatic rings. The minimum Gasteiger partial charge on any atom is -0.506 e. The number of benzene rings is 3. The van der Waals surface area contributed by atoms with Crippen molar-refractivity contribution in [2.45, 2.75) is 0 Å². The number of aromatic nitrogens is 2. The van der Waals surface area contributed by atoms with E-state index in [-0.39, 0.29) is 5.75 Å². The van der Waals surface area contributed by atoms with Gasteiger partial charge in [0, 0.05) is 21.8 Å². The fourth-order valence-corrected chi connectivity index (χ4v) is 4.32. The molecule has 34 heavy (non-hydrogen) atoms. The zero-order chi connectivity index (χ0) is 24.1. The second-order valence-electron chi connectivity index (χ2n) is 7.10. The quantitative estimate of drug-likeness (QED) is 0.254. The van der Waals surface area contributed by atoms with E-state index in [1.807, 2.05) is 48.5 Å². The van der Waals surface area contributed by atoms with Crippen LogP contribution in [0.15, 0.2) is 85.9 Å². The van der Waals surface area contributed by atoms with Crippen LogP contribution in [-0.2, 0) is 0 Å². The minimum atomic E-state index is 0.0853. The Morgan fingerprint density at radius 3 is 2.21 bits per heavy atom. The molecule has 7 nitrogen and oxygen atoms in total. The summed E-state index contributed by atoms with van der Waals surface area (Å²) in [6.07, 6.45) is 5.06. The third-order valence-electron chi connectivity index (χ3n) is 4.88. The summed E-state index contributed by atoms with van der Waals surface area (Å²) in [4.78, 5) is 9.16. The number of aliphatic imine (C=N–C) groups is 1. The fraction of sp³-hybridized carbons (Fsp3) is 0.0800. The van der Waals surface area contributed by atoms with Gasteiger partial charge in [0.1, 0.15) is 17.2 Å². The van der Waals surface area contributed by atoms with Gasteiger partial charge in [-0.15, -0.1) is 0 Å². The Morgan fingerprint density at radius 1 is 0.912 bits per heavy atom. The summed E-state index contributed by atoms with van der Waals surface area (Å²) in [5.74, 6) is 1.97. The predicted molar refractivity (Wildman–Crippen MR) is 141 cm³/mol. The first-order chi connectivity index (χ1) is 16.5. The predicted octanol–water partition coefficient (Wildman–Crippen LogP) is 6.43. The molecule has 0 radical (unpaired) electrons. The van der Waals surface area contributed by atoms with E-state index in [0.717, 1.165) is 27.1 Å². The van der Waals surface area contributed by atoms with Crippen molar-refractivity contribution in [1.82, 2.24) is 9.66 Å². The first-order valence-electron chi connectivity index (χ1n) is 10.1. The third-order valence-corrected chi connectivity index (χ3v) is 5.94. The Hall–Kier alpha value is -3.43. The van der Waals surface area contributed by atoms with Crippen molar-refractivity contribution in [2.24, 2.45) is 10.1 Å². The fourth-order valence-electron chi connectivity index (χ4n) is 3.07. The Labute approximate surface area is 213 Å². The van der Waals surface area contributed by atoms with Crippen LogP contribution < -0.4 is 9.47 Å². The number of phenols is 1. The van der Waals surface area contributed by atoms with E-state index in [2.05, 4.69) is 46.9 Å². The SMILES string of the molecule is COc1ccc(/C=N\n2cc(-c3ccc(OC)cc3)nc2N=Cc2cc(Br)cc(Br)c2O)cc1. The van der Waals surface area contributed by atoms with Crippen LogP contribution in [0.3, 0.4) is 0 Å². The highest BCUT2D eigenvalue weighted by Crippen LogP contribution is 2.31. The number of rotatable bonds is 7. The molecular weight excluding hydrogens is 564 g/mol. The summed E-state index contributed by atoms with van der Waals surface area (Å²) < 4.78 is 13.4.